The Balaban J connectivity index is 2.28. The standard InChI is InChI=1S/C13H13N3O2/c1-9(8-12(17)18)13-15-7-4-11(16-13)10-2-5-14-6-3-10/h2-7,9H,8H2,1H3,(H,17,18). The van der Waals surface area contributed by atoms with Gasteiger partial charge in [0.15, 0.2) is 0 Å². The molecule has 0 aliphatic heterocycles. The lowest BCUT2D eigenvalue weighted by molar-refractivity contribution is -0.137. The Bertz CT molecular complexity index is 543. The second-order valence-electron chi connectivity index (χ2n) is 4.03. The first-order valence-electron chi connectivity index (χ1n) is 5.62. The van der Waals surface area contributed by atoms with Crippen molar-refractivity contribution < 1.29 is 9.90 Å². The molecule has 18 heavy (non-hydrogen) atoms. The van der Waals surface area contributed by atoms with E-state index >= 15 is 0 Å². The number of rotatable bonds is 4. The fourth-order valence-electron chi connectivity index (χ4n) is 1.65. The van der Waals surface area contributed by atoms with Crippen LogP contribution in [0.5, 0.6) is 0 Å². The average molecular weight is 243 g/mol. The summed E-state index contributed by atoms with van der Waals surface area (Å²) in [5.41, 5.74) is 1.72. The number of carboxylic acid groups (broad SMARTS) is 1. The van der Waals surface area contributed by atoms with Gasteiger partial charge >= 0.3 is 5.97 Å². The zero-order valence-electron chi connectivity index (χ0n) is 9.95. The van der Waals surface area contributed by atoms with Crippen molar-refractivity contribution in [3.8, 4) is 11.3 Å². The number of aliphatic carboxylic acids is 1. The molecule has 2 rings (SSSR count). The van der Waals surface area contributed by atoms with Crippen LogP contribution in [0.3, 0.4) is 0 Å². The predicted octanol–water partition coefficient (Wildman–Crippen LogP) is 2.12. The molecule has 1 N–H and O–H groups in total. The molecule has 0 aromatic carbocycles. The molecule has 2 aromatic rings. The summed E-state index contributed by atoms with van der Waals surface area (Å²) in [5, 5.41) is 8.77. The van der Waals surface area contributed by atoms with Gasteiger partial charge < -0.3 is 5.11 Å². The molecule has 0 saturated heterocycles. The molecule has 0 saturated carbocycles. The molecule has 0 aliphatic carbocycles. The molecule has 0 fully saturated rings. The minimum Gasteiger partial charge on any atom is -0.481 e. The van der Waals surface area contributed by atoms with Gasteiger partial charge in [0.05, 0.1) is 12.1 Å². The molecule has 0 aliphatic rings. The molecule has 92 valence electrons. The number of hydrogen-bond donors (Lipinski definition) is 1. The Hall–Kier alpha value is -2.30. The Morgan fingerprint density at radius 1 is 1.28 bits per heavy atom. The van der Waals surface area contributed by atoms with Crippen molar-refractivity contribution in [3.05, 3.63) is 42.6 Å². The highest BCUT2D eigenvalue weighted by molar-refractivity contribution is 5.67. The molecular formula is C13H13N3O2. The minimum atomic E-state index is -0.847. The fraction of sp³-hybridized carbons (Fsp3) is 0.231. The molecule has 1 atom stereocenters. The van der Waals surface area contributed by atoms with Gasteiger partial charge in [-0.15, -0.1) is 0 Å². The molecule has 0 spiro atoms. The van der Waals surface area contributed by atoms with Crippen LogP contribution in [-0.4, -0.2) is 26.0 Å². The molecule has 2 aromatic heterocycles. The van der Waals surface area contributed by atoms with E-state index in [2.05, 4.69) is 15.0 Å². The normalized spacial score (nSPS) is 12.1. The summed E-state index contributed by atoms with van der Waals surface area (Å²) >= 11 is 0. The van der Waals surface area contributed by atoms with E-state index in [1.54, 1.807) is 31.6 Å². The van der Waals surface area contributed by atoms with Crippen molar-refractivity contribution in [2.24, 2.45) is 0 Å². The van der Waals surface area contributed by atoms with Gasteiger partial charge in [0, 0.05) is 30.1 Å². The lowest BCUT2D eigenvalue weighted by Crippen LogP contribution is -2.07. The van der Waals surface area contributed by atoms with Crippen molar-refractivity contribution in [2.45, 2.75) is 19.3 Å². The van der Waals surface area contributed by atoms with Crippen molar-refractivity contribution in [1.29, 1.82) is 0 Å². The highest BCUT2D eigenvalue weighted by Crippen LogP contribution is 2.19. The molecular weight excluding hydrogens is 230 g/mol. The smallest absolute Gasteiger partial charge is 0.304 e. The molecule has 1 unspecified atom stereocenters. The second-order valence-corrected chi connectivity index (χ2v) is 4.03. The van der Waals surface area contributed by atoms with Gasteiger partial charge in [-0.05, 0) is 18.2 Å². The zero-order valence-corrected chi connectivity index (χ0v) is 9.95. The molecule has 0 bridgehead atoms. The van der Waals surface area contributed by atoms with Crippen LogP contribution in [0.25, 0.3) is 11.3 Å². The van der Waals surface area contributed by atoms with E-state index in [-0.39, 0.29) is 12.3 Å². The Morgan fingerprint density at radius 2 is 2.00 bits per heavy atom. The highest BCUT2D eigenvalue weighted by Gasteiger charge is 2.13. The van der Waals surface area contributed by atoms with Crippen LogP contribution in [0.2, 0.25) is 0 Å². The number of carboxylic acids is 1. The number of hydrogen-bond acceptors (Lipinski definition) is 4. The maximum absolute atomic E-state index is 10.7. The Morgan fingerprint density at radius 3 is 2.67 bits per heavy atom. The van der Waals surface area contributed by atoms with E-state index in [4.69, 9.17) is 5.11 Å². The van der Waals surface area contributed by atoms with Gasteiger partial charge in [-0.1, -0.05) is 6.92 Å². The first-order valence-corrected chi connectivity index (χ1v) is 5.62. The van der Waals surface area contributed by atoms with E-state index in [1.807, 2.05) is 12.1 Å². The molecule has 0 radical (unpaired) electrons. The monoisotopic (exact) mass is 243 g/mol. The van der Waals surface area contributed by atoms with Crippen molar-refractivity contribution >= 4 is 5.97 Å². The van der Waals surface area contributed by atoms with E-state index in [1.165, 1.54) is 0 Å². The largest absolute Gasteiger partial charge is 0.481 e. The van der Waals surface area contributed by atoms with Crippen LogP contribution in [0.1, 0.15) is 25.1 Å². The van der Waals surface area contributed by atoms with Gasteiger partial charge in [0.25, 0.3) is 0 Å². The van der Waals surface area contributed by atoms with Gasteiger partial charge in [-0.25, -0.2) is 9.97 Å². The van der Waals surface area contributed by atoms with Gasteiger partial charge in [-0.2, -0.15) is 0 Å². The van der Waals surface area contributed by atoms with Crippen LogP contribution >= 0.6 is 0 Å². The quantitative estimate of drug-likeness (QED) is 0.890. The van der Waals surface area contributed by atoms with Crippen molar-refractivity contribution in [3.63, 3.8) is 0 Å². The Labute approximate surface area is 105 Å². The van der Waals surface area contributed by atoms with Crippen molar-refractivity contribution in [1.82, 2.24) is 15.0 Å². The first-order chi connectivity index (χ1) is 8.66. The van der Waals surface area contributed by atoms with Gasteiger partial charge in [0.2, 0.25) is 0 Å². The third-order valence-electron chi connectivity index (χ3n) is 2.57. The third-order valence-corrected chi connectivity index (χ3v) is 2.57. The molecule has 5 heteroatoms. The third kappa shape index (κ3) is 2.88. The summed E-state index contributed by atoms with van der Waals surface area (Å²) in [4.78, 5) is 23.1. The van der Waals surface area contributed by atoms with Crippen molar-refractivity contribution in [2.75, 3.05) is 0 Å². The fourth-order valence-corrected chi connectivity index (χ4v) is 1.65. The van der Waals surface area contributed by atoms with E-state index in [9.17, 15) is 4.79 Å². The lowest BCUT2D eigenvalue weighted by Gasteiger charge is -2.08. The predicted molar refractivity (Wildman–Crippen MR) is 65.9 cm³/mol. The zero-order chi connectivity index (χ0) is 13.0. The van der Waals surface area contributed by atoms with Crippen LogP contribution in [-0.2, 0) is 4.79 Å². The number of carbonyl (C=O) groups is 1. The van der Waals surface area contributed by atoms with Crippen LogP contribution in [0.15, 0.2) is 36.8 Å². The minimum absolute atomic E-state index is 0.0276. The molecule has 5 nitrogen and oxygen atoms in total. The first kappa shape index (κ1) is 12.2. The maximum atomic E-state index is 10.7. The second kappa shape index (κ2) is 5.35. The molecule has 2 heterocycles. The van der Waals surface area contributed by atoms with Crippen LogP contribution in [0.4, 0.5) is 0 Å². The Kier molecular flexibility index (Phi) is 3.62. The number of nitrogens with zero attached hydrogens (tertiary/aromatic N) is 3. The summed E-state index contributed by atoms with van der Waals surface area (Å²) in [6.45, 7) is 1.81. The summed E-state index contributed by atoms with van der Waals surface area (Å²) in [6, 6.07) is 5.51. The SMILES string of the molecule is CC(CC(=O)O)c1nccc(-c2ccncc2)n1. The summed E-state index contributed by atoms with van der Waals surface area (Å²) in [7, 11) is 0. The number of aromatic nitrogens is 3. The highest BCUT2D eigenvalue weighted by atomic mass is 16.4. The summed E-state index contributed by atoms with van der Waals surface area (Å²) < 4.78 is 0. The summed E-state index contributed by atoms with van der Waals surface area (Å²) in [6.07, 6.45) is 5.06. The van der Waals surface area contributed by atoms with Gasteiger partial charge in [0.1, 0.15) is 5.82 Å². The van der Waals surface area contributed by atoms with E-state index < -0.39 is 5.97 Å². The topological polar surface area (TPSA) is 76.0 Å². The van der Waals surface area contributed by atoms with E-state index in [0.717, 1.165) is 11.3 Å². The van der Waals surface area contributed by atoms with E-state index in [0.29, 0.717) is 5.82 Å². The maximum Gasteiger partial charge on any atom is 0.304 e. The average Bonchev–Trinajstić information content (AvgIpc) is 2.39. The van der Waals surface area contributed by atoms with Crippen LogP contribution < -0.4 is 0 Å². The summed E-state index contributed by atoms with van der Waals surface area (Å²) in [5.74, 6) is -0.503. The molecule has 0 amide bonds. The number of pyridine rings is 1. The van der Waals surface area contributed by atoms with Crippen LogP contribution in [0, 0.1) is 0 Å². The lowest BCUT2D eigenvalue weighted by atomic mass is 10.1. The van der Waals surface area contributed by atoms with Gasteiger partial charge in [-0.3, -0.25) is 9.78 Å².